The molecule has 21 heavy (non-hydrogen) atoms. The largest absolute Gasteiger partial charge is 0.303 e. The topological polar surface area (TPSA) is 32.3 Å². The number of aromatic nitrogens is 2. The molecule has 5 heteroatoms. The van der Waals surface area contributed by atoms with Gasteiger partial charge in [-0.2, -0.15) is 0 Å². The molecule has 0 saturated heterocycles. The third-order valence-corrected chi connectivity index (χ3v) is 4.66. The summed E-state index contributed by atoms with van der Waals surface area (Å²) in [5, 5.41) is 4.06. The second kappa shape index (κ2) is 7.11. The van der Waals surface area contributed by atoms with Gasteiger partial charge in [0.05, 0.1) is 10.6 Å². The van der Waals surface area contributed by atoms with E-state index in [0.29, 0.717) is 6.04 Å². The molecule has 4 nitrogen and oxygen atoms in total. The third-order valence-electron chi connectivity index (χ3n) is 3.85. The molecule has 2 aromatic rings. The highest BCUT2D eigenvalue weighted by atomic mass is 32.1. The molecule has 0 spiro atoms. The van der Waals surface area contributed by atoms with E-state index in [1.807, 2.05) is 6.92 Å². The van der Waals surface area contributed by atoms with Crippen molar-refractivity contribution >= 4 is 11.5 Å². The Kier molecular flexibility index (Phi) is 5.45. The lowest BCUT2D eigenvalue weighted by Gasteiger charge is -2.21. The average molecular weight is 304 g/mol. The molecule has 1 atom stereocenters. The number of hydrogen-bond donors (Lipinski definition) is 0. The van der Waals surface area contributed by atoms with Crippen LogP contribution in [0.25, 0.3) is 0 Å². The van der Waals surface area contributed by atoms with E-state index in [4.69, 9.17) is 0 Å². The highest BCUT2D eigenvalue weighted by Crippen LogP contribution is 2.19. The van der Waals surface area contributed by atoms with Gasteiger partial charge in [-0.1, -0.05) is 28.8 Å². The summed E-state index contributed by atoms with van der Waals surface area (Å²) >= 11 is 1.49. The van der Waals surface area contributed by atoms with Gasteiger partial charge in [0.25, 0.3) is 0 Å². The molecule has 0 bridgehead atoms. The summed E-state index contributed by atoms with van der Waals surface area (Å²) in [7, 11) is 6.35. The summed E-state index contributed by atoms with van der Waals surface area (Å²) in [5.74, 6) is 0. The molecule has 0 aliphatic carbocycles. The van der Waals surface area contributed by atoms with Crippen LogP contribution in [0.4, 0.5) is 0 Å². The van der Waals surface area contributed by atoms with Gasteiger partial charge in [0.2, 0.25) is 0 Å². The number of aryl methyl sites for hydroxylation is 1. The zero-order chi connectivity index (χ0) is 15.4. The van der Waals surface area contributed by atoms with Crippen molar-refractivity contribution in [2.45, 2.75) is 33.0 Å². The Morgan fingerprint density at radius 1 is 1.10 bits per heavy atom. The fourth-order valence-electron chi connectivity index (χ4n) is 2.21. The van der Waals surface area contributed by atoms with Gasteiger partial charge >= 0.3 is 0 Å². The van der Waals surface area contributed by atoms with Gasteiger partial charge in [-0.05, 0) is 57.6 Å². The van der Waals surface area contributed by atoms with Gasteiger partial charge in [-0.25, -0.2) is 0 Å². The fourth-order valence-corrected chi connectivity index (χ4v) is 2.92. The van der Waals surface area contributed by atoms with Crippen molar-refractivity contribution in [1.29, 1.82) is 0 Å². The Morgan fingerprint density at radius 2 is 1.76 bits per heavy atom. The summed E-state index contributed by atoms with van der Waals surface area (Å²) < 4.78 is 3.99. The summed E-state index contributed by atoms with van der Waals surface area (Å²) in [6, 6.07) is 9.36. The first-order valence-corrected chi connectivity index (χ1v) is 7.96. The molecule has 1 aromatic carbocycles. The van der Waals surface area contributed by atoms with Gasteiger partial charge < -0.3 is 4.90 Å². The van der Waals surface area contributed by atoms with Crippen molar-refractivity contribution in [1.82, 2.24) is 19.4 Å². The van der Waals surface area contributed by atoms with Crippen molar-refractivity contribution in [2.24, 2.45) is 0 Å². The zero-order valence-corrected chi connectivity index (χ0v) is 14.3. The maximum absolute atomic E-state index is 4.06. The monoisotopic (exact) mass is 304 g/mol. The summed E-state index contributed by atoms with van der Waals surface area (Å²) in [6.07, 6.45) is 0. The van der Waals surface area contributed by atoms with Crippen LogP contribution in [0, 0.1) is 6.92 Å². The van der Waals surface area contributed by atoms with Crippen molar-refractivity contribution in [3.63, 3.8) is 0 Å². The molecule has 114 valence electrons. The van der Waals surface area contributed by atoms with Crippen LogP contribution < -0.4 is 0 Å². The Morgan fingerprint density at radius 3 is 2.29 bits per heavy atom. The van der Waals surface area contributed by atoms with Gasteiger partial charge in [0.15, 0.2) is 0 Å². The van der Waals surface area contributed by atoms with Crippen LogP contribution >= 0.6 is 11.5 Å². The number of hydrogen-bond acceptors (Lipinski definition) is 5. The molecule has 0 fully saturated rings. The maximum atomic E-state index is 4.06. The van der Waals surface area contributed by atoms with Crippen LogP contribution in [-0.2, 0) is 13.1 Å². The molecule has 0 aliphatic rings. The van der Waals surface area contributed by atoms with Gasteiger partial charge in [0.1, 0.15) is 0 Å². The molecule has 1 heterocycles. The second-order valence-electron chi connectivity index (χ2n) is 5.83. The van der Waals surface area contributed by atoms with E-state index in [1.165, 1.54) is 27.5 Å². The van der Waals surface area contributed by atoms with Crippen LogP contribution in [0.15, 0.2) is 24.3 Å². The van der Waals surface area contributed by atoms with E-state index < -0.39 is 0 Å². The van der Waals surface area contributed by atoms with Gasteiger partial charge in [0, 0.05) is 19.1 Å². The van der Waals surface area contributed by atoms with E-state index in [-0.39, 0.29) is 0 Å². The first kappa shape index (κ1) is 16.1. The molecule has 0 unspecified atom stereocenters. The van der Waals surface area contributed by atoms with E-state index in [0.717, 1.165) is 18.8 Å². The smallest absolute Gasteiger partial charge is 0.0769 e. The fraction of sp³-hybridized carbons (Fsp3) is 0.500. The summed E-state index contributed by atoms with van der Waals surface area (Å²) in [6.45, 7) is 6.08. The standard InChI is InChI=1S/C16H24N4S/c1-12-16(21-18-17-12)11-20(5)10-14-6-8-15(9-7-14)13(2)19(3)4/h6-9,13H,10-11H2,1-5H3/t13-/m1/s1. The maximum Gasteiger partial charge on any atom is 0.0769 e. The second-order valence-corrected chi connectivity index (χ2v) is 6.67. The molecule has 0 radical (unpaired) electrons. The molecule has 1 aromatic heterocycles. The van der Waals surface area contributed by atoms with Crippen molar-refractivity contribution in [3.8, 4) is 0 Å². The van der Waals surface area contributed by atoms with Crippen LogP contribution in [0.3, 0.4) is 0 Å². The predicted octanol–water partition coefficient (Wildman–Crippen LogP) is 3.10. The molecule has 2 rings (SSSR count). The molecular formula is C16H24N4S. The van der Waals surface area contributed by atoms with Crippen LogP contribution in [-0.4, -0.2) is 40.5 Å². The lowest BCUT2D eigenvalue weighted by atomic mass is 10.1. The highest BCUT2D eigenvalue weighted by molar-refractivity contribution is 7.05. The van der Waals surface area contributed by atoms with Crippen molar-refractivity contribution < 1.29 is 0 Å². The van der Waals surface area contributed by atoms with Crippen molar-refractivity contribution in [2.75, 3.05) is 21.1 Å². The Bertz CT molecular complexity index is 562. The van der Waals surface area contributed by atoms with E-state index in [1.54, 1.807) is 0 Å². The SMILES string of the molecule is Cc1nnsc1CN(C)Cc1ccc([C@@H](C)N(C)C)cc1. The number of benzene rings is 1. The van der Waals surface area contributed by atoms with Gasteiger partial charge in [-0.3, -0.25) is 4.90 Å². The Labute approximate surface area is 131 Å². The minimum absolute atomic E-state index is 0.447. The molecule has 0 saturated carbocycles. The first-order chi connectivity index (χ1) is 9.97. The van der Waals surface area contributed by atoms with E-state index in [2.05, 4.69) is 71.7 Å². The van der Waals surface area contributed by atoms with Crippen molar-refractivity contribution in [3.05, 3.63) is 46.0 Å². The Balaban J connectivity index is 1.95. The van der Waals surface area contributed by atoms with Gasteiger partial charge in [-0.15, -0.1) is 5.10 Å². The number of nitrogens with zero attached hydrogens (tertiary/aromatic N) is 4. The normalized spacial score (nSPS) is 13.1. The van der Waals surface area contributed by atoms with Crippen LogP contribution in [0.1, 0.15) is 34.7 Å². The Hall–Kier alpha value is -1.30. The first-order valence-electron chi connectivity index (χ1n) is 7.19. The lowest BCUT2D eigenvalue weighted by Crippen LogP contribution is -2.18. The summed E-state index contributed by atoms with van der Waals surface area (Å²) in [4.78, 5) is 5.77. The molecule has 0 N–H and O–H groups in total. The lowest BCUT2D eigenvalue weighted by molar-refractivity contribution is 0.317. The van der Waals surface area contributed by atoms with E-state index in [9.17, 15) is 0 Å². The molecule has 0 aliphatic heterocycles. The van der Waals surface area contributed by atoms with Crippen LogP contribution in [0.2, 0.25) is 0 Å². The third kappa shape index (κ3) is 4.33. The molecular weight excluding hydrogens is 280 g/mol. The van der Waals surface area contributed by atoms with Crippen LogP contribution in [0.5, 0.6) is 0 Å². The number of rotatable bonds is 6. The predicted molar refractivity (Wildman–Crippen MR) is 88.4 cm³/mol. The summed E-state index contributed by atoms with van der Waals surface area (Å²) in [5.41, 5.74) is 3.73. The zero-order valence-electron chi connectivity index (χ0n) is 13.5. The molecule has 0 amide bonds. The highest BCUT2D eigenvalue weighted by Gasteiger charge is 2.09. The van der Waals surface area contributed by atoms with E-state index >= 15 is 0 Å². The minimum Gasteiger partial charge on any atom is -0.303 e. The minimum atomic E-state index is 0.447. The average Bonchev–Trinajstić information content (AvgIpc) is 2.84. The quantitative estimate of drug-likeness (QED) is 0.821.